The lowest BCUT2D eigenvalue weighted by Gasteiger charge is -2.37. The van der Waals surface area contributed by atoms with Crippen LogP contribution in [0.3, 0.4) is 0 Å². The molecule has 1 aliphatic heterocycles. The molecule has 11 heteroatoms. The summed E-state index contributed by atoms with van der Waals surface area (Å²) in [4.78, 5) is 57.6. The van der Waals surface area contributed by atoms with Gasteiger partial charge in [0.05, 0.1) is 16.6 Å². The van der Waals surface area contributed by atoms with Crippen molar-refractivity contribution in [2.75, 3.05) is 25.5 Å². The lowest BCUT2D eigenvalue weighted by atomic mass is 9.81. The summed E-state index contributed by atoms with van der Waals surface area (Å²) in [5, 5.41) is 7.23. The number of carbonyl (C=O) groups is 4. The molecular formula is C30H33ClFN5O4. The van der Waals surface area contributed by atoms with Gasteiger partial charge in [0.2, 0.25) is 11.8 Å². The van der Waals surface area contributed by atoms with Gasteiger partial charge in [-0.2, -0.15) is 0 Å². The van der Waals surface area contributed by atoms with Crippen molar-refractivity contribution in [3.8, 4) is 0 Å². The molecular weight excluding hydrogens is 549 g/mol. The van der Waals surface area contributed by atoms with E-state index < -0.39 is 23.8 Å². The number of anilines is 1. The molecule has 0 unspecified atom stereocenters. The zero-order valence-corrected chi connectivity index (χ0v) is 23.8. The van der Waals surface area contributed by atoms with Crippen LogP contribution in [0.25, 0.3) is 10.9 Å². The van der Waals surface area contributed by atoms with Gasteiger partial charge < -0.3 is 25.4 Å². The van der Waals surface area contributed by atoms with Gasteiger partial charge >= 0.3 is 0 Å². The van der Waals surface area contributed by atoms with Gasteiger partial charge in [0.1, 0.15) is 5.82 Å². The maximum Gasteiger partial charge on any atom is 0.254 e. The van der Waals surface area contributed by atoms with Gasteiger partial charge in [-0.05, 0) is 62.4 Å². The summed E-state index contributed by atoms with van der Waals surface area (Å²) >= 11 is 6.16. The molecule has 3 N–H and O–H groups in total. The Kier molecular flexibility index (Phi) is 8.30. The van der Waals surface area contributed by atoms with E-state index in [1.807, 2.05) is 0 Å². The van der Waals surface area contributed by atoms with Crippen LogP contribution in [0.5, 0.6) is 0 Å². The van der Waals surface area contributed by atoms with Crippen molar-refractivity contribution in [3.63, 3.8) is 0 Å². The molecule has 1 aromatic heterocycles. The number of nitrogens with one attached hydrogen (secondary N) is 3. The number of amides is 4. The Labute approximate surface area is 242 Å². The molecule has 4 amide bonds. The fraction of sp³-hybridized carbons (Fsp3) is 0.400. The second-order valence-corrected chi connectivity index (χ2v) is 11.4. The molecule has 0 bridgehead atoms. The largest absolute Gasteiger partial charge is 0.360 e. The number of nitrogens with zero attached hydrogens (tertiary/aromatic N) is 2. The summed E-state index contributed by atoms with van der Waals surface area (Å²) in [6.45, 7) is 0.518. The zero-order chi connectivity index (χ0) is 29.3. The summed E-state index contributed by atoms with van der Waals surface area (Å²) < 4.78 is 15.1. The highest BCUT2D eigenvalue weighted by Gasteiger charge is 2.37. The molecule has 0 radical (unpaired) electrons. The second-order valence-electron chi connectivity index (χ2n) is 11.0. The van der Waals surface area contributed by atoms with Gasteiger partial charge in [-0.1, -0.05) is 17.7 Å². The van der Waals surface area contributed by atoms with Gasteiger partial charge in [0.15, 0.2) is 0 Å². The number of halogens is 2. The average Bonchev–Trinajstić information content (AvgIpc) is 3.33. The van der Waals surface area contributed by atoms with Crippen LogP contribution >= 0.6 is 11.6 Å². The fourth-order valence-corrected chi connectivity index (χ4v) is 5.98. The lowest BCUT2D eigenvalue weighted by molar-refractivity contribution is -0.134. The molecule has 2 heterocycles. The highest BCUT2D eigenvalue weighted by atomic mass is 35.5. The summed E-state index contributed by atoms with van der Waals surface area (Å²) in [7, 11) is 3.37. The van der Waals surface area contributed by atoms with Gasteiger partial charge in [0, 0.05) is 67.4 Å². The highest BCUT2D eigenvalue weighted by Crippen LogP contribution is 2.29. The van der Waals surface area contributed by atoms with E-state index in [1.54, 1.807) is 49.5 Å². The summed E-state index contributed by atoms with van der Waals surface area (Å²) in [6, 6.07) is 8.20. The Hall–Kier alpha value is -3.92. The summed E-state index contributed by atoms with van der Waals surface area (Å²) in [6.07, 6.45) is 4.98. The van der Waals surface area contributed by atoms with E-state index in [9.17, 15) is 19.2 Å². The van der Waals surface area contributed by atoms with Crippen molar-refractivity contribution in [3.05, 3.63) is 64.6 Å². The number of aromatic nitrogens is 1. The number of hydrogen-bond donors (Lipinski definition) is 3. The van der Waals surface area contributed by atoms with Gasteiger partial charge in [-0.25, -0.2) is 4.39 Å². The average molecular weight is 582 g/mol. The quantitative estimate of drug-likeness (QED) is 0.403. The van der Waals surface area contributed by atoms with Crippen LogP contribution < -0.4 is 15.5 Å². The minimum Gasteiger partial charge on any atom is -0.360 e. The third-order valence-electron chi connectivity index (χ3n) is 8.00. The predicted octanol–water partition coefficient (Wildman–Crippen LogP) is 4.26. The van der Waals surface area contributed by atoms with E-state index in [4.69, 9.17) is 11.6 Å². The zero-order valence-electron chi connectivity index (χ0n) is 23.0. The first-order valence-electron chi connectivity index (χ1n) is 13.8. The molecule has 0 spiro atoms. The topological polar surface area (TPSA) is 115 Å². The van der Waals surface area contributed by atoms with Crippen LogP contribution in [0.15, 0.2) is 42.6 Å². The standard InChI is InChI=1S/C30H33ClFN5O4/c1-36(2)30(41)18-7-11-24(26(14-18)35-28(39)17-6-9-20-22(31)16-33-25(20)13-17)34-29(40)21-10-8-19(15-23(21)32)37-12-4-3-5-27(37)38/h6,8-10,13,15-16,18,24,26,33H,3-5,7,11-12,14H2,1-2H3,(H,34,40)(H,35,39)/t18-,24-,26+/m0/s1. The molecule has 1 aliphatic carbocycles. The number of aromatic amines is 1. The van der Waals surface area contributed by atoms with Crippen LogP contribution in [0.2, 0.25) is 5.02 Å². The van der Waals surface area contributed by atoms with Crippen molar-refractivity contribution in [2.24, 2.45) is 5.92 Å². The van der Waals surface area contributed by atoms with Gasteiger partial charge in [-0.15, -0.1) is 0 Å². The minimum absolute atomic E-state index is 0.0506. The molecule has 41 heavy (non-hydrogen) atoms. The number of piperidine rings is 1. The number of benzene rings is 2. The predicted molar refractivity (Wildman–Crippen MR) is 154 cm³/mol. The number of H-pyrrole nitrogens is 1. The van der Waals surface area contributed by atoms with Crippen LogP contribution in [0.4, 0.5) is 10.1 Å². The molecule has 3 aromatic rings. The maximum absolute atomic E-state index is 15.1. The van der Waals surface area contributed by atoms with Crippen LogP contribution in [0.1, 0.15) is 59.2 Å². The minimum atomic E-state index is -0.728. The summed E-state index contributed by atoms with van der Waals surface area (Å²) in [5.41, 5.74) is 1.39. The number of fused-ring (bicyclic) bond motifs is 1. The number of carbonyl (C=O) groups excluding carboxylic acids is 4. The Morgan fingerprint density at radius 2 is 1.80 bits per heavy atom. The van der Waals surface area contributed by atoms with Crippen LogP contribution in [-0.4, -0.2) is 66.2 Å². The first kappa shape index (κ1) is 28.6. The smallest absolute Gasteiger partial charge is 0.254 e. The molecule has 2 aromatic carbocycles. The van der Waals surface area contributed by atoms with Gasteiger partial charge in [0.25, 0.3) is 11.8 Å². The molecule has 5 rings (SSSR count). The van der Waals surface area contributed by atoms with Crippen LogP contribution in [-0.2, 0) is 9.59 Å². The van der Waals surface area contributed by atoms with Crippen molar-refractivity contribution in [2.45, 2.75) is 50.6 Å². The normalized spacial score (nSPS) is 21.0. The first-order chi connectivity index (χ1) is 19.6. The molecule has 1 saturated heterocycles. The van der Waals surface area contributed by atoms with Gasteiger partial charge in [-0.3, -0.25) is 19.2 Å². The molecule has 2 fully saturated rings. The highest BCUT2D eigenvalue weighted by molar-refractivity contribution is 6.35. The molecule has 3 atom stereocenters. The Morgan fingerprint density at radius 1 is 1.02 bits per heavy atom. The van der Waals surface area contributed by atoms with Crippen molar-refractivity contribution >= 4 is 51.8 Å². The van der Waals surface area contributed by atoms with E-state index in [0.29, 0.717) is 54.0 Å². The summed E-state index contributed by atoms with van der Waals surface area (Å²) in [5.74, 6) is -2.15. The number of hydrogen-bond acceptors (Lipinski definition) is 4. The molecule has 1 saturated carbocycles. The van der Waals surface area contributed by atoms with E-state index in [-0.39, 0.29) is 29.2 Å². The van der Waals surface area contributed by atoms with E-state index in [2.05, 4.69) is 15.6 Å². The first-order valence-corrected chi connectivity index (χ1v) is 14.2. The molecule has 216 valence electrons. The third kappa shape index (κ3) is 6.07. The van der Waals surface area contributed by atoms with Crippen molar-refractivity contribution < 1.29 is 23.6 Å². The van der Waals surface area contributed by atoms with Crippen LogP contribution in [0, 0.1) is 11.7 Å². The second kappa shape index (κ2) is 11.9. The maximum atomic E-state index is 15.1. The Morgan fingerprint density at radius 3 is 2.54 bits per heavy atom. The molecule has 9 nitrogen and oxygen atoms in total. The lowest BCUT2D eigenvalue weighted by Crippen LogP contribution is -2.56. The fourth-order valence-electron chi connectivity index (χ4n) is 5.76. The molecule has 2 aliphatic rings. The van der Waals surface area contributed by atoms with Crippen molar-refractivity contribution in [1.29, 1.82) is 0 Å². The van der Waals surface area contributed by atoms with E-state index in [1.165, 1.54) is 17.0 Å². The Bertz CT molecular complexity index is 1510. The Balaban J connectivity index is 1.33. The van der Waals surface area contributed by atoms with E-state index in [0.717, 1.165) is 18.2 Å². The monoisotopic (exact) mass is 581 g/mol. The SMILES string of the molecule is CN(C)C(=O)[C@H]1CC[C@H](NC(=O)c2ccc(N3CCCCC3=O)cc2F)[C@H](NC(=O)c2ccc3c(Cl)c[nH]c3c2)C1. The number of rotatable bonds is 6. The third-order valence-corrected chi connectivity index (χ3v) is 8.31. The van der Waals surface area contributed by atoms with Crippen molar-refractivity contribution in [1.82, 2.24) is 20.5 Å². The van der Waals surface area contributed by atoms with E-state index >= 15 is 4.39 Å².